The van der Waals surface area contributed by atoms with Gasteiger partial charge in [0.2, 0.25) is 0 Å². The molecular weight excluding hydrogens is 162 g/mol. The molecule has 0 spiro atoms. The van der Waals surface area contributed by atoms with Crippen LogP contribution >= 0.6 is 0 Å². The number of benzene rings is 1. The number of para-hydroxylation sites is 1. The van der Waals surface area contributed by atoms with E-state index in [2.05, 4.69) is 0 Å². The summed E-state index contributed by atoms with van der Waals surface area (Å²) < 4.78 is 20.5. The minimum Gasteiger partial charge on any atom is -0.772 e. The Morgan fingerprint density at radius 2 is 2.09 bits per heavy atom. The first-order valence-corrected chi connectivity index (χ1v) is 4.34. The third-order valence-corrected chi connectivity index (χ3v) is 1.88. The highest BCUT2D eigenvalue weighted by Crippen LogP contribution is 2.11. The maximum atomic E-state index is 10.3. The lowest BCUT2D eigenvalue weighted by Crippen LogP contribution is -1.97. The Hall–Kier alpha value is -0.870. The van der Waals surface area contributed by atoms with Crippen molar-refractivity contribution in [2.75, 3.05) is 5.73 Å². The van der Waals surface area contributed by atoms with Gasteiger partial charge < -0.3 is 10.3 Å². The maximum absolute atomic E-state index is 10.3. The molecule has 4 heteroatoms. The van der Waals surface area contributed by atoms with Crippen LogP contribution in [0.5, 0.6) is 0 Å². The minimum atomic E-state index is -2.06. The van der Waals surface area contributed by atoms with Crippen LogP contribution in [0.3, 0.4) is 0 Å². The van der Waals surface area contributed by atoms with Crippen molar-refractivity contribution in [1.82, 2.24) is 0 Å². The van der Waals surface area contributed by atoms with E-state index >= 15 is 0 Å². The van der Waals surface area contributed by atoms with Gasteiger partial charge in [0.25, 0.3) is 0 Å². The van der Waals surface area contributed by atoms with Crippen LogP contribution in [-0.2, 0) is 16.8 Å². The SMILES string of the molecule is Nc1ccccc1CS(=O)[O-]. The monoisotopic (exact) mass is 170 g/mol. The highest BCUT2D eigenvalue weighted by molar-refractivity contribution is 7.78. The number of anilines is 1. The molecule has 0 aliphatic heterocycles. The lowest BCUT2D eigenvalue weighted by atomic mass is 10.2. The second-order valence-corrected chi connectivity index (χ2v) is 3.04. The summed E-state index contributed by atoms with van der Waals surface area (Å²) in [5, 5.41) is 0. The largest absolute Gasteiger partial charge is 0.772 e. The molecule has 11 heavy (non-hydrogen) atoms. The number of rotatable bonds is 2. The molecule has 0 amide bonds. The van der Waals surface area contributed by atoms with E-state index in [9.17, 15) is 8.76 Å². The van der Waals surface area contributed by atoms with E-state index in [0.717, 1.165) is 0 Å². The molecule has 0 saturated carbocycles. The Labute approximate surface area is 67.5 Å². The number of hydrogen-bond donors (Lipinski definition) is 1. The second-order valence-electron chi connectivity index (χ2n) is 2.15. The molecule has 0 heterocycles. The fraction of sp³-hybridized carbons (Fsp3) is 0.143. The van der Waals surface area contributed by atoms with Crippen molar-refractivity contribution in [3.63, 3.8) is 0 Å². The van der Waals surface area contributed by atoms with Gasteiger partial charge in [-0.2, -0.15) is 0 Å². The van der Waals surface area contributed by atoms with E-state index in [1.54, 1.807) is 24.3 Å². The van der Waals surface area contributed by atoms with E-state index in [-0.39, 0.29) is 5.75 Å². The molecule has 1 unspecified atom stereocenters. The predicted octanol–water partition coefficient (Wildman–Crippen LogP) is 0.648. The molecule has 60 valence electrons. The van der Waals surface area contributed by atoms with Crippen LogP contribution in [0.2, 0.25) is 0 Å². The van der Waals surface area contributed by atoms with Crippen LogP contribution in [0.1, 0.15) is 5.56 Å². The van der Waals surface area contributed by atoms with Gasteiger partial charge in [0.1, 0.15) is 0 Å². The Kier molecular flexibility index (Phi) is 2.62. The second kappa shape index (κ2) is 3.50. The Morgan fingerprint density at radius 1 is 1.45 bits per heavy atom. The number of nitrogens with two attached hydrogens (primary N) is 1. The third-order valence-electron chi connectivity index (χ3n) is 1.33. The van der Waals surface area contributed by atoms with Gasteiger partial charge in [0.05, 0.1) is 0 Å². The molecule has 0 aromatic heterocycles. The molecule has 3 nitrogen and oxygen atoms in total. The van der Waals surface area contributed by atoms with Crippen molar-refractivity contribution in [1.29, 1.82) is 0 Å². The van der Waals surface area contributed by atoms with Crippen LogP contribution in [0.25, 0.3) is 0 Å². The van der Waals surface area contributed by atoms with E-state index in [0.29, 0.717) is 11.3 Å². The Balaban J connectivity index is 2.86. The van der Waals surface area contributed by atoms with E-state index < -0.39 is 11.1 Å². The van der Waals surface area contributed by atoms with Gasteiger partial charge in [-0.05, 0) is 11.6 Å². The summed E-state index contributed by atoms with van der Waals surface area (Å²) >= 11 is -2.06. The quantitative estimate of drug-likeness (QED) is 0.523. The van der Waals surface area contributed by atoms with Crippen LogP contribution in [0, 0.1) is 0 Å². The lowest BCUT2D eigenvalue weighted by molar-refractivity contribution is 0.536. The van der Waals surface area contributed by atoms with Gasteiger partial charge in [0, 0.05) is 11.4 Å². The van der Waals surface area contributed by atoms with Crippen LogP contribution in [0.15, 0.2) is 24.3 Å². The standard InChI is InChI=1S/C7H9NO2S/c8-7-4-2-1-3-6(7)5-11(9)10/h1-4H,5,8H2,(H,9,10)/p-1. The van der Waals surface area contributed by atoms with Gasteiger partial charge in [-0.1, -0.05) is 29.3 Å². The van der Waals surface area contributed by atoms with Gasteiger partial charge in [0.15, 0.2) is 0 Å². The fourth-order valence-electron chi connectivity index (χ4n) is 0.793. The average Bonchev–Trinajstić information content (AvgIpc) is 1.93. The number of hydrogen-bond acceptors (Lipinski definition) is 3. The fourth-order valence-corrected chi connectivity index (χ4v) is 1.31. The van der Waals surface area contributed by atoms with Crippen LogP contribution < -0.4 is 5.73 Å². The first-order valence-electron chi connectivity index (χ1n) is 3.09. The first kappa shape index (κ1) is 8.23. The van der Waals surface area contributed by atoms with Crippen LogP contribution in [0.4, 0.5) is 5.69 Å². The molecule has 1 aromatic carbocycles. The molecule has 0 bridgehead atoms. The summed E-state index contributed by atoms with van der Waals surface area (Å²) in [6.07, 6.45) is 0. The molecule has 0 saturated heterocycles. The summed E-state index contributed by atoms with van der Waals surface area (Å²) in [5.41, 5.74) is 6.67. The zero-order valence-electron chi connectivity index (χ0n) is 5.82. The van der Waals surface area contributed by atoms with Gasteiger partial charge in [-0.25, -0.2) is 0 Å². The topological polar surface area (TPSA) is 66.2 Å². The first-order chi connectivity index (χ1) is 5.20. The lowest BCUT2D eigenvalue weighted by Gasteiger charge is -2.06. The Morgan fingerprint density at radius 3 is 2.64 bits per heavy atom. The van der Waals surface area contributed by atoms with Crippen LogP contribution in [-0.4, -0.2) is 8.76 Å². The van der Waals surface area contributed by atoms with Gasteiger partial charge in [-0.3, -0.25) is 4.21 Å². The highest BCUT2D eigenvalue weighted by atomic mass is 32.2. The predicted molar refractivity (Wildman–Crippen MR) is 43.5 cm³/mol. The maximum Gasteiger partial charge on any atom is 0.0373 e. The highest BCUT2D eigenvalue weighted by Gasteiger charge is 1.95. The molecule has 0 fully saturated rings. The van der Waals surface area contributed by atoms with Crippen molar-refractivity contribution < 1.29 is 8.76 Å². The summed E-state index contributed by atoms with van der Waals surface area (Å²) in [6.45, 7) is 0. The van der Waals surface area contributed by atoms with Crippen molar-refractivity contribution in [2.24, 2.45) is 0 Å². The molecule has 0 aliphatic carbocycles. The molecular formula is C7H8NO2S-. The molecule has 0 aliphatic rings. The summed E-state index contributed by atoms with van der Waals surface area (Å²) in [7, 11) is 0. The van der Waals surface area contributed by atoms with Crippen molar-refractivity contribution >= 4 is 16.8 Å². The zero-order chi connectivity index (χ0) is 8.27. The molecule has 1 aromatic rings. The number of nitrogen functional groups attached to an aromatic ring is 1. The van der Waals surface area contributed by atoms with Gasteiger partial charge >= 0.3 is 0 Å². The Bertz CT molecular complexity index is 275. The average molecular weight is 170 g/mol. The molecule has 1 rings (SSSR count). The summed E-state index contributed by atoms with van der Waals surface area (Å²) in [5.74, 6) is -0.00727. The molecule has 1 atom stereocenters. The smallest absolute Gasteiger partial charge is 0.0373 e. The zero-order valence-corrected chi connectivity index (χ0v) is 6.64. The summed E-state index contributed by atoms with van der Waals surface area (Å²) in [4.78, 5) is 0. The summed E-state index contributed by atoms with van der Waals surface area (Å²) in [6, 6.07) is 6.92. The van der Waals surface area contributed by atoms with Crippen molar-refractivity contribution in [3.8, 4) is 0 Å². The van der Waals surface area contributed by atoms with Gasteiger partial charge in [-0.15, -0.1) is 0 Å². The molecule has 2 N–H and O–H groups in total. The minimum absolute atomic E-state index is 0.00727. The van der Waals surface area contributed by atoms with E-state index in [1.807, 2.05) is 0 Å². The van der Waals surface area contributed by atoms with E-state index in [4.69, 9.17) is 5.73 Å². The third kappa shape index (κ3) is 2.32. The normalized spacial score (nSPS) is 12.8. The van der Waals surface area contributed by atoms with Crippen molar-refractivity contribution in [3.05, 3.63) is 29.8 Å². The van der Waals surface area contributed by atoms with Crippen molar-refractivity contribution in [2.45, 2.75) is 5.75 Å². The van der Waals surface area contributed by atoms with E-state index in [1.165, 1.54) is 0 Å². The molecule has 0 radical (unpaired) electrons.